The van der Waals surface area contributed by atoms with Gasteiger partial charge in [0.05, 0.1) is 5.01 Å². The number of aliphatic hydroxyl groups is 1. The maximum atomic E-state index is 13.5. The number of ether oxygens (including phenoxy) is 1. The molecule has 2 aromatic rings. The first-order valence-corrected chi connectivity index (χ1v) is 11.4. The van der Waals surface area contributed by atoms with Gasteiger partial charge in [-0.3, -0.25) is 9.69 Å². The Balaban J connectivity index is 1.63. The summed E-state index contributed by atoms with van der Waals surface area (Å²) in [5.41, 5.74) is -0.927. The van der Waals surface area contributed by atoms with Crippen molar-refractivity contribution < 1.29 is 41.0 Å². The van der Waals surface area contributed by atoms with Crippen molar-refractivity contribution in [1.82, 2.24) is 15.2 Å². The number of piperidine rings is 1. The molecule has 1 saturated heterocycles. The molecule has 0 saturated carbocycles. The fourth-order valence-corrected chi connectivity index (χ4v) is 4.63. The number of halogens is 6. The maximum Gasteiger partial charge on any atom is 0.573 e. The molecule has 2 heterocycles. The molecule has 2 N–H and O–H groups in total. The van der Waals surface area contributed by atoms with E-state index in [9.17, 15) is 36.2 Å². The summed E-state index contributed by atoms with van der Waals surface area (Å²) in [4.78, 5) is 17.2. The molecule has 0 bridgehead atoms. The predicted molar refractivity (Wildman–Crippen MR) is 111 cm³/mol. The zero-order chi connectivity index (χ0) is 24.9. The topological polar surface area (TPSA) is 74.7 Å². The lowest BCUT2D eigenvalue weighted by molar-refractivity contribution is -0.274. The van der Waals surface area contributed by atoms with Crippen molar-refractivity contribution in [1.29, 1.82) is 0 Å². The van der Waals surface area contributed by atoms with Crippen LogP contribution in [-0.4, -0.2) is 53.1 Å². The Hall–Kier alpha value is -2.38. The van der Waals surface area contributed by atoms with Crippen LogP contribution in [0, 0.1) is 0 Å². The average molecular weight is 511 g/mol. The number of benzene rings is 1. The number of amides is 1. The molecular weight excluding hydrogens is 488 g/mol. The highest BCUT2D eigenvalue weighted by Gasteiger charge is 2.40. The smallest absolute Gasteiger partial charge is 0.406 e. The normalized spacial score (nSPS) is 16.3. The van der Waals surface area contributed by atoms with Gasteiger partial charge in [-0.25, -0.2) is 4.98 Å². The molecule has 0 radical (unpaired) electrons. The van der Waals surface area contributed by atoms with Crippen LogP contribution in [0.1, 0.15) is 45.2 Å². The number of nitrogens with one attached hydrogen (secondary N) is 1. The molecule has 1 amide bonds. The number of hydrogen-bond acceptors (Lipinski definition) is 6. The Morgan fingerprint density at radius 3 is 2.53 bits per heavy atom. The number of thiazole rings is 1. The van der Waals surface area contributed by atoms with Crippen LogP contribution in [0.5, 0.6) is 5.75 Å². The molecule has 1 aromatic carbocycles. The Labute approximate surface area is 195 Å². The van der Waals surface area contributed by atoms with E-state index >= 15 is 0 Å². The number of carbonyl (C=O) groups excluding carboxylic acids is 1. The van der Waals surface area contributed by atoms with E-state index < -0.39 is 41.0 Å². The number of carbonyl (C=O) groups is 1. The lowest BCUT2D eigenvalue weighted by atomic mass is 10.1. The van der Waals surface area contributed by atoms with E-state index in [1.807, 2.05) is 0 Å². The van der Waals surface area contributed by atoms with Crippen molar-refractivity contribution in [3.05, 3.63) is 45.4 Å². The standard InChI is InChI=1S/C21H23F6N3O3S/c22-20(23,24)18-17(34-15(29-18)12-16(31)30-9-2-1-3-10-30)19(32)28-8-7-13-5-4-6-14(11-13)33-21(25,26)27/h4-6,11,16,31H,1-3,7-10,12H2,(H,28,32). The molecule has 188 valence electrons. The van der Waals surface area contributed by atoms with E-state index in [4.69, 9.17) is 0 Å². The van der Waals surface area contributed by atoms with E-state index in [2.05, 4.69) is 15.0 Å². The van der Waals surface area contributed by atoms with Gasteiger partial charge < -0.3 is 15.2 Å². The Kier molecular flexibility index (Phi) is 8.42. The monoisotopic (exact) mass is 511 g/mol. The highest BCUT2D eigenvalue weighted by Crippen LogP contribution is 2.35. The third kappa shape index (κ3) is 7.57. The summed E-state index contributed by atoms with van der Waals surface area (Å²) >= 11 is 0.567. The molecule has 1 fully saturated rings. The highest BCUT2D eigenvalue weighted by molar-refractivity contribution is 7.13. The maximum absolute atomic E-state index is 13.5. The molecule has 13 heteroatoms. The van der Waals surface area contributed by atoms with Crippen LogP contribution < -0.4 is 10.1 Å². The van der Waals surface area contributed by atoms with Gasteiger partial charge in [0.25, 0.3) is 5.91 Å². The fraction of sp³-hybridized carbons (Fsp3) is 0.524. The molecule has 34 heavy (non-hydrogen) atoms. The number of aromatic nitrogens is 1. The summed E-state index contributed by atoms with van der Waals surface area (Å²) in [7, 11) is 0. The van der Waals surface area contributed by atoms with Crippen molar-refractivity contribution in [2.75, 3.05) is 19.6 Å². The molecule has 1 aromatic heterocycles. The molecule has 0 spiro atoms. The summed E-state index contributed by atoms with van der Waals surface area (Å²) in [6.45, 7) is 1.16. The summed E-state index contributed by atoms with van der Waals surface area (Å²) < 4.78 is 81.3. The number of aliphatic hydroxyl groups excluding tert-OH is 1. The van der Waals surface area contributed by atoms with Gasteiger partial charge in [-0.05, 0) is 37.0 Å². The predicted octanol–water partition coefficient (Wildman–Crippen LogP) is 4.38. The summed E-state index contributed by atoms with van der Waals surface area (Å²) in [5, 5.41) is 12.7. The van der Waals surface area contributed by atoms with Crippen molar-refractivity contribution in [3.63, 3.8) is 0 Å². The van der Waals surface area contributed by atoms with Crippen molar-refractivity contribution in [2.45, 2.75) is 50.9 Å². The molecule has 1 atom stereocenters. The van der Waals surface area contributed by atoms with E-state index in [0.717, 1.165) is 31.4 Å². The summed E-state index contributed by atoms with van der Waals surface area (Å²) in [6, 6.07) is 5.09. The number of alkyl halides is 6. The Morgan fingerprint density at radius 1 is 1.18 bits per heavy atom. The van der Waals surface area contributed by atoms with Gasteiger partial charge in [0.1, 0.15) is 16.9 Å². The second-order valence-corrected chi connectivity index (χ2v) is 8.85. The van der Waals surface area contributed by atoms with Crippen LogP contribution in [0.15, 0.2) is 24.3 Å². The first-order chi connectivity index (χ1) is 15.9. The molecule has 1 aliphatic heterocycles. The van der Waals surface area contributed by atoms with Crippen LogP contribution in [0.2, 0.25) is 0 Å². The second kappa shape index (κ2) is 10.9. The third-order valence-electron chi connectivity index (χ3n) is 5.15. The van der Waals surface area contributed by atoms with Gasteiger partial charge in [0, 0.05) is 26.1 Å². The van der Waals surface area contributed by atoms with Gasteiger partial charge in [-0.2, -0.15) is 13.2 Å². The van der Waals surface area contributed by atoms with Crippen molar-refractivity contribution in [2.24, 2.45) is 0 Å². The number of nitrogens with zero attached hydrogens (tertiary/aromatic N) is 2. The van der Waals surface area contributed by atoms with Gasteiger partial charge in [-0.15, -0.1) is 24.5 Å². The molecule has 1 unspecified atom stereocenters. The van der Waals surface area contributed by atoms with E-state index in [-0.39, 0.29) is 24.4 Å². The van der Waals surface area contributed by atoms with Gasteiger partial charge >= 0.3 is 12.5 Å². The first kappa shape index (κ1) is 26.2. The lowest BCUT2D eigenvalue weighted by Crippen LogP contribution is -2.40. The summed E-state index contributed by atoms with van der Waals surface area (Å²) in [5.74, 6) is -1.43. The second-order valence-electron chi connectivity index (χ2n) is 7.77. The van der Waals surface area contributed by atoms with Crippen LogP contribution >= 0.6 is 11.3 Å². The minimum absolute atomic E-state index is 0.00690. The number of rotatable bonds is 8. The molecular formula is C21H23F6N3O3S. The minimum Gasteiger partial charge on any atom is -0.406 e. The van der Waals surface area contributed by atoms with E-state index in [1.165, 1.54) is 12.1 Å². The SMILES string of the molecule is O=C(NCCc1cccc(OC(F)(F)F)c1)c1sc(CC(O)N2CCCCC2)nc1C(F)(F)F. The molecule has 1 aliphatic rings. The van der Waals surface area contributed by atoms with Crippen LogP contribution in [0.3, 0.4) is 0 Å². The van der Waals surface area contributed by atoms with E-state index in [0.29, 0.717) is 30.0 Å². The number of likely N-dealkylation sites (tertiary alicyclic amines) is 1. The average Bonchev–Trinajstić information content (AvgIpc) is 3.18. The largest absolute Gasteiger partial charge is 0.573 e. The van der Waals surface area contributed by atoms with Crippen molar-refractivity contribution in [3.8, 4) is 5.75 Å². The number of hydrogen-bond donors (Lipinski definition) is 2. The van der Waals surface area contributed by atoms with Crippen LogP contribution in [-0.2, 0) is 19.0 Å². The van der Waals surface area contributed by atoms with Gasteiger partial charge in [0.2, 0.25) is 0 Å². The fourth-order valence-electron chi connectivity index (χ4n) is 3.60. The minimum atomic E-state index is -4.86. The van der Waals surface area contributed by atoms with Gasteiger partial charge in [-0.1, -0.05) is 18.6 Å². The molecule has 0 aliphatic carbocycles. The van der Waals surface area contributed by atoms with Crippen LogP contribution in [0.25, 0.3) is 0 Å². The molecule has 6 nitrogen and oxygen atoms in total. The quantitative estimate of drug-likeness (QED) is 0.515. The van der Waals surface area contributed by atoms with Crippen molar-refractivity contribution >= 4 is 17.2 Å². The summed E-state index contributed by atoms with van der Waals surface area (Å²) in [6.07, 6.45) is -7.96. The van der Waals surface area contributed by atoms with E-state index in [1.54, 1.807) is 4.90 Å². The highest BCUT2D eigenvalue weighted by atomic mass is 32.1. The zero-order valence-corrected chi connectivity index (χ0v) is 18.7. The Bertz CT molecular complexity index is 973. The molecule has 3 rings (SSSR count). The van der Waals surface area contributed by atoms with Crippen LogP contribution in [0.4, 0.5) is 26.3 Å². The zero-order valence-electron chi connectivity index (χ0n) is 17.9. The first-order valence-electron chi connectivity index (χ1n) is 10.5. The van der Waals surface area contributed by atoms with Gasteiger partial charge in [0.15, 0.2) is 5.69 Å². The third-order valence-corrected chi connectivity index (χ3v) is 6.22. The lowest BCUT2D eigenvalue weighted by Gasteiger charge is -2.30. The Morgan fingerprint density at radius 2 is 1.88 bits per heavy atom.